The van der Waals surface area contributed by atoms with Crippen LogP contribution in [0.15, 0.2) is 104 Å². The number of nitrogens with one attached hydrogen (secondary N) is 3. The van der Waals surface area contributed by atoms with Crippen molar-refractivity contribution in [3.05, 3.63) is 89.9 Å². The lowest BCUT2D eigenvalue weighted by atomic mass is 10.1. The monoisotopic (exact) mass is 589 g/mol. The van der Waals surface area contributed by atoms with E-state index < -0.39 is 53.2 Å². The summed E-state index contributed by atoms with van der Waals surface area (Å²) in [4.78, 5) is 11.9. The number of hydrogen-bond acceptors (Lipinski definition) is 11. The fourth-order valence-electron chi connectivity index (χ4n) is 3.09. The minimum atomic E-state index is -4.46. The van der Waals surface area contributed by atoms with Gasteiger partial charge in [-0.25, -0.2) is 0 Å². The van der Waals surface area contributed by atoms with Crippen LogP contribution in [-0.4, -0.2) is 54.3 Å². The highest BCUT2D eigenvalue weighted by atomic mass is 32.2. The molecule has 0 saturated heterocycles. The van der Waals surface area contributed by atoms with Gasteiger partial charge in [0.15, 0.2) is 11.4 Å². The van der Waals surface area contributed by atoms with Crippen LogP contribution in [0.5, 0.6) is 5.75 Å². The van der Waals surface area contributed by atoms with Gasteiger partial charge in [0.1, 0.15) is 5.75 Å². The summed E-state index contributed by atoms with van der Waals surface area (Å²) in [5, 5.41) is 40.8. The zero-order valence-corrected chi connectivity index (χ0v) is 22.0. The van der Waals surface area contributed by atoms with Crippen LogP contribution in [0.25, 0.3) is 0 Å². The molecular weight excluding hydrogens is 566 g/mol. The molecule has 0 bridgehead atoms. The Labute approximate surface area is 228 Å². The number of benzene rings is 3. The highest BCUT2D eigenvalue weighted by Crippen LogP contribution is 2.20. The second-order valence-corrected chi connectivity index (χ2v) is 10.9. The van der Waals surface area contributed by atoms with E-state index in [9.17, 15) is 31.8 Å². The van der Waals surface area contributed by atoms with E-state index in [0.717, 1.165) is 29.8 Å². The second kappa shape index (κ2) is 12.5. The summed E-state index contributed by atoms with van der Waals surface area (Å²) in [6.07, 6.45) is 0.365. The Morgan fingerprint density at radius 2 is 1.35 bits per heavy atom. The fraction of sp³-hybridized carbons (Fsp3) is 0.0833. The van der Waals surface area contributed by atoms with Crippen LogP contribution in [0.1, 0.15) is 5.56 Å². The van der Waals surface area contributed by atoms with Gasteiger partial charge in [-0.05, 0) is 72.6 Å². The van der Waals surface area contributed by atoms with Crippen LogP contribution in [0.3, 0.4) is 0 Å². The minimum Gasteiger partial charge on any atom is -0.508 e. The zero-order chi connectivity index (χ0) is 29.5. The number of phenols is 1. The van der Waals surface area contributed by atoms with Gasteiger partial charge in [0.05, 0.1) is 15.5 Å². The highest BCUT2D eigenvalue weighted by molar-refractivity contribution is 7.86. The number of rotatable bonds is 11. The first-order chi connectivity index (χ1) is 18.7. The summed E-state index contributed by atoms with van der Waals surface area (Å²) in [5.74, 6) is -1.65. The number of phenolic OH excluding ortho intramolecular Hbond substituents is 1. The lowest BCUT2D eigenvalue weighted by Crippen LogP contribution is -2.33. The first kappa shape index (κ1) is 29.9. The smallest absolute Gasteiger partial charge is 0.294 e. The summed E-state index contributed by atoms with van der Waals surface area (Å²) >= 11 is 0. The van der Waals surface area contributed by atoms with E-state index in [1.807, 2.05) is 0 Å². The Morgan fingerprint density at radius 1 is 0.825 bits per heavy atom. The van der Waals surface area contributed by atoms with Crippen LogP contribution in [0, 0.1) is 5.41 Å². The molecular formula is C24H23N5O9S2. The van der Waals surface area contributed by atoms with Crippen LogP contribution in [0.2, 0.25) is 0 Å². The molecule has 3 aromatic rings. The molecule has 3 aromatic carbocycles. The average Bonchev–Trinajstić information content (AvgIpc) is 2.89. The molecule has 0 saturated carbocycles. The molecule has 0 aromatic heterocycles. The van der Waals surface area contributed by atoms with Crippen molar-refractivity contribution in [1.29, 1.82) is 5.41 Å². The van der Waals surface area contributed by atoms with E-state index in [0.29, 0.717) is 6.42 Å². The maximum Gasteiger partial charge on any atom is 0.294 e. The molecule has 0 radical (unpaired) electrons. The van der Waals surface area contributed by atoms with Crippen molar-refractivity contribution in [3.63, 3.8) is 0 Å². The average molecular weight is 590 g/mol. The number of aliphatic hydroxyl groups is 1. The van der Waals surface area contributed by atoms with E-state index in [1.165, 1.54) is 36.4 Å². The number of anilines is 1. The van der Waals surface area contributed by atoms with Crippen molar-refractivity contribution >= 4 is 43.2 Å². The topological polar surface area (TPSA) is 239 Å². The lowest BCUT2D eigenvalue weighted by Gasteiger charge is -2.11. The van der Waals surface area contributed by atoms with Crippen LogP contribution in [-0.2, 0) is 31.5 Å². The Hall–Kier alpha value is -4.64. The van der Waals surface area contributed by atoms with E-state index in [1.54, 1.807) is 12.1 Å². The van der Waals surface area contributed by atoms with E-state index in [4.69, 9.17) is 14.5 Å². The fourth-order valence-corrected chi connectivity index (χ4v) is 4.05. The van der Waals surface area contributed by atoms with Gasteiger partial charge in [0.25, 0.3) is 26.1 Å². The molecule has 0 aliphatic rings. The van der Waals surface area contributed by atoms with Crippen molar-refractivity contribution in [2.45, 2.75) is 16.2 Å². The number of carbonyl (C=O) groups is 1. The minimum absolute atomic E-state index is 0.0516. The largest absolute Gasteiger partial charge is 0.508 e. The Bertz CT molecular complexity index is 1670. The lowest BCUT2D eigenvalue weighted by molar-refractivity contribution is -0.114. The summed E-state index contributed by atoms with van der Waals surface area (Å²) < 4.78 is 63.2. The van der Waals surface area contributed by atoms with Crippen molar-refractivity contribution < 1.29 is 40.9 Å². The molecule has 16 heteroatoms. The van der Waals surface area contributed by atoms with Gasteiger partial charge in [-0.2, -0.15) is 21.9 Å². The van der Waals surface area contributed by atoms with E-state index in [2.05, 4.69) is 20.9 Å². The Balaban J connectivity index is 1.84. The molecule has 3 rings (SSSR count). The summed E-state index contributed by atoms with van der Waals surface area (Å²) in [6, 6.07) is 15.2. The van der Waals surface area contributed by atoms with Gasteiger partial charge >= 0.3 is 0 Å². The molecule has 0 aliphatic heterocycles. The van der Waals surface area contributed by atoms with Gasteiger partial charge in [-0.15, -0.1) is 5.11 Å². The van der Waals surface area contributed by atoms with Gasteiger partial charge in [-0.3, -0.25) is 19.3 Å². The van der Waals surface area contributed by atoms with Crippen LogP contribution < -0.4 is 10.6 Å². The Morgan fingerprint density at radius 3 is 1.88 bits per heavy atom. The third-order valence-electron chi connectivity index (χ3n) is 5.14. The molecule has 0 heterocycles. The van der Waals surface area contributed by atoms with Crippen molar-refractivity contribution in [2.75, 3.05) is 11.9 Å². The first-order valence-corrected chi connectivity index (χ1v) is 14.0. The molecule has 14 nitrogen and oxygen atoms in total. The highest BCUT2D eigenvalue weighted by Gasteiger charge is 2.20. The van der Waals surface area contributed by atoms with Gasteiger partial charge in [-0.1, -0.05) is 12.1 Å². The first-order valence-electron chi connectivity index (χ1n) is 11.2. The maximum atomic E-state index is 12.7. The number of aliphatic hydroxyl groups excluding tert-OH is 1. The molecule has 1 amide bonds. The van der Waals surface area contributed by atoms with E-state index in [-0.39, 0.29) is 23.7 Å². The van der Waals surface area contributed by atoms with Gasteiger partial charge in [0, 0.05) is 12.2 Å². The van der Waals surface area contributed by atoms with Gasteiger partial charge in [0.2, 0.25) is 5.88 Å². The van der Waals surface area contributed by atoms with Gasteiger partial charge < -0.3 is 20.8 Å². The molecule has 0 atom stereocenters. The van der Waals surface area contributed by atoms with Crippen LogP contribution >= 0.6 is 0 Å². The number of amides is 1. The molecule has 0 aliphatic carbocycles. The third-order valence-corrected chi connectivity index (χ3v) is 6.87. The number of carbonyl (C=O) groups excluding carboxylic acids is 1. The zero-order valence-electron chi connectivity index (χ0n) is 20.4. The quantitative estimate of drug-likeness (QED) is 0.0745. The number of hydrogen-bond donors (Lipinski definition) is 7. The molecule has 0 spiro atoms. The molecule has 40 heavy (non-hydrogen) atoms. The number of nitrogens with zero attached hydrogens (tertiary/aromatic N) is 2. The molecule has 210 valence electrons. The van der Waals surface area contributed by atoms with E-state index >= 15 is 0 Å². The number of aromatic hydroxyl groups is 1. The SMILES string of the molecule is N=C(C(=O)NCCc1ccc(O)cc1)C(/N=N/c1ccc(S(=O)(=O)O)cc1)=C(/O)Nc1ccc(S(=O)(=O)O)cc1. The molecule has 0 fully saturated rings. The standard InChI is InChI=1S/C24H23N5O9S2/c25-21(23(31)26-14-13-15-1-7-18(30)8-2-15)22(29-28-17-5-11-20(12-6-17)40(36,37)38)24(32)27-16-3-9-19(10-4-16)39(33,34)35/h1-12,25,27,30,32H,13-14H2,(H,26,31)(H,33,34,35)(H,36,37,38)/b24-22-,25-21?,29-28+. The summed E-state index contributed by atoms with van der Waals surface area (Å²) in [7, 11) is -8.91. The normalized spacial score (nSPS) is 12.6. The molecule has 7 N–H and O–H groups in total. The second-order valence-electron chi connectivity index (χ2n) is 8.04. The van der Waals surface area contributed by atoms with Crippen molar-refractivity contribution in [1.82, 2.24) is 5.32 Å². The number of azo groups is 1. The van der Waals surface area contributed by atoms with Crippen molar-refractivity contribution in [3.8, 4) is 5.75 Å². The third kappa shape index (κ3) is 8.43. The maximum absolute atomic E-state index is 12.7. The van der Waals surface area contributed by atoms with Crippen LogP contribution in [0.4, 0.5) is 11.4 Å². The predicted molar refractivity (Wildman–Crippen MR) is 143 cm³/mol. The Kier molecular flexibility index (Phi) is 9.33. The summed E-state index contributed by atoms with van der Waals surface area (Å²) in [6.45, 7) is 0.0960. The molecule has 0 unspecified atom stereocenters. The summed E-state index contributed by atoms with van der Waals surface area (Å²) in [5.41, 5.74) is -0.471. The predicted octanol–water partition coefficient (Wildman–Crippen LogP) is 3.19. The van der Waals surface area contributed by atoms with Crippen molar-refractivity contribution in [2.24, 2.45) is 10.2 Å².